The number of likely N-dealkylation sites (tertiary alicyclic amines) is 1. The monoisotopic (exact) mass is 319 g/mol. The van der Waals surface area contributed by atoms with Gasteiger partial charge in [0.2, 0.25) is 0 Å². The first-order valence-electron chi connectivity index (χ1n) is 8.61. The van der Waals surface area contributed by atoms with E-state index in [2.05, 4.69) is 62.4 Å². The van der Waals surface area contributed by atoms with Gasteiger partial charge in [0.1, 0.15) is 0 Å². The van der Waals surface area contributed by atoms with E-state index in [0.717, 1.165) is 47.5 Å². The Labute approximate surface area is 141 Å². The van der Waals surface area contributed by atoms with Gasteiger partial charge in [0.05, 0.1) is 5.69 Å². The summed E-state index contributed by atoms with van der Waals surface area (Å²) in [5, 5.41) is 10.2. The first-order chi connectivity index (χ1) is 11.8. The first-order valence-corrected chi connectivity index (χ1v) is 8.61. The molecule has 2 aliphatic rings. The Hall–Kier alpha value is -2.40. The molecule has 2 atom stereocenters. The molecule has 2 saturated heterocycles. The van der Waals surface area contributed by atoms with Crippen molar-refractivity contribution in [3.63, 3.8) is 0 Å². The molecule has 2 aliphatic heterocycles. The topological polar surface area (TPSA) is 48.0 Å². The summed E-state index contributed by atoms with van der Waals surface area (Å²) in [6.45, 7) is 4.64. The molecule has 0 saturated carbocycles. The molecule has 5 rings (SSSR count). The molecule has 122 valence electrons. The summed E-state index contributed by atoms with van der Waals surface area (Å²) < 4.78 is 0. The molecule has 24 heavy (non-hydrogen) atoms. The molecule has 5 nitrogen and oxygen atoms in total. The zero-order valence-corrected chi connectivity index (χ0v) is 13.8. The van der Waals surface area contributed by atoms with Gasteiger partial charge in [-0.3, -0.25) is 0 Å². The molecule has 1 aromatic carbocycles. The molecule has 0 bridgehead atoms. The number of benzene rings is 1. The molecule has 0 amide bonds. The fourth-order valence-corrected chi connectivity index (χ4v) is 4.34. The molecule has 1 N–H and O–H groups in total. The van der Waals surface area contributed by atoms with Crippen molar-refractivity contribution in [3.05, 3.63) is 42.6 Å². The fourth-order valence-electron chi connectivity index (χ4n) is 4.34. The van der Waals surface area contributed by atoms with E-state index < -0.39 is 0 Å². The highest BCUT2D eigenvalue weighted by molar-refractivity contribution is 5.94. The maximum absolute atomic E-state index is 4.52. The van der Waals surface area contributed by atoms with Gasteiger partial charge in [-0.05, 0) is 37.1 Å². The number of anilines is 1. The summed E-state index contributed by atoms with van der Waals surface area (Å²) in [4.78, 5) is 8.14. The van der Waals surface area contributed by atoms with Crippen LogP contribution in [0.15, 0.2) is 42.6 Å². The van der Waals surface area contributed by atoms with Crippen LogP contribution in [0.5, 0.6) is 0 Å². The summed E-state index contributed by atoms with van der Waals surface area (Å²) in [5.74, 6) is 2.57. The molecule has 2 fully saturated rings. The van der Waals surface area contributed by atoms with Gasteiger partial charge in [0, 0.05) is 48.8 Å². The van der Waals surface area contributed by atoms with E-state index in [-0.39, 0.29) is 0 Å². The fraction of sp³-hybridized carbons (Fsp3) is 0.368. The second-order valence-electron chi connectivity index (χ2n) is 7.17. The van der Waals surface area contributed by atoms with E-state index in [1.165, 1.54) is 18.5 Å². The lowest BCUT2D eigenvalue weighted by Crippen LogP contribution is -2.27. The largest absolute Gasteiger partial charge is 0.360 e. The highest BCUT2D eigenvalue weighted by atomic mass is 15.3. The van der Waals surface area contributed by atoms with Crippen molar-refractivity contribution in [1.29, 1.82) is 0 Å². The van der Waals surface area contributed by atoms with Crippen molar-refractivity contribution >= 4 is 16.7 Å². The van der Waals surface area contributed by atoms with Gasteiger partial charge in [-0.2, -0.15) is 0 Å². The number of rotatable bonds is 2. The van der Waals surface area contributed by atoms with Crippen LogP contribution >= 0.6 is 0 Å². The van der Waals surface area contributed by atoms with Crippen LogP contribution in [0.4, 0.5) is 5.82 Å². The Morgan fingerprint density at radius 1 is 0.958 bits per heavy atom. The maximum Gasteiger partial charge on any atom is 0.151 e. The van der Waals surface area contributed by atoms with Crippen LogP contribution in [0.2, 0.25) is 0 Å². The van der Waals surface area contributed by atoms with Gasteiger partial charge in [-0.15, -0.1) is 10.2 Å². The van der Waals surface area contributed by atoms with E-state index in [9.17, 15) is 0 Å². The summed E-state index contributed by atoms with van der Waals surface area (Å²) in [5.41, 5.74) is 3.18. The molecule has 4 heterocycles. The zero-order chi connectivity index (χ0) is 16.1. The van der Waals surface area contributed by atoms with Gasteiger partial charge in [0.25, 0.3) is 0 Å². The molecule has 2 aromatic heterocycles. The number of fused-ring (bicyclic) bond motifs is 2. The predicted octanol–water partition coefficient (Wildman–Crippen LogP) is 2.62. The molecular weight excluding hydrogens is 298 g/mol. The van der Waals surface area contributed by atoms with Gasteiger partial charge >= 0.3 is 0 Å². The van der Waals surface area contributed by atoms with Crippen LogP contribution in [0.1, 0.15) is 0 Å². The van der Waals surface area contributed by atoms with Gasteiger partial charge in [-0.25, -0.2) is 0 Å². The van der Waals surface area contributed by atoms with Gasteiger partial charge < -0.3 is 14.8 Å². The van der Waals surface area contributed by atoms with Crippen molar-refractivity contribution in [1.82, 2.24) is 20.1 Å². The molecule has 0 radical (unpaired) electrons. The third-order valence-corrected chi connectivity index (χ3v) is 5.51. The van der Waals surface area contributed by atoms with Crippen LogP contribution in [-0.4, -0.2) is 53.3 Å². The average Bonchev–Trinajstić information content (AvgIpc) is 3.27. The summed E-state index contributed by atoms with van der Waals surface area (Å²) in [6.07, 6.45) is 2.02. The third kappa shape index (κ3) is 2.19. The van der Waals surface area contributed by atoms with Crippen molar-refractivity contribution in [2.24, 2.45) is 11.8 Å². The van der Waals surface area contributed by atoms with E-state index >= 15 is 0 Å². The van der Waals surface area contributed by atoms with E-state index in [1.807, 2.05) is 12.3 Å². The van der Waals surface area contributed by atoms with Crippen molar-refractivity contribution in [2.75, 3.05) is 38.1 Å². The number of nitrogens with one attached hydrogen (secondary N) is 1. The Balaban J connectivity index is 1.40. The minimum absolute atomic E-state index is 0.782. The Kier molecular flexibility index (Phi) is 3.10. The number of para-hydroxylation sites is 1. The third-order valence-electron chi connectivity index (χ3n) is 5.51. The molecule has 0 aliphatic carbocycles. The summed E-state index contributed by atoms with van der Waals surface area (Å²) in [7, 11) is 2.22. The van der Waals surface area contributed by atoms with E-state index in [1.54, 1.807) is 0 Å². The summed E-state index contributed by atoms with van der Waals surface area (Å²) >= 11 is 0. The number of nitrogens with zero attached hydrogens (tertiary/aromatic N) is 4. The Morgan fingerprint density at radius 3 is 2.50 bits per heavy atom. The average molecular weight is 319 g/mol. The number of hydrogen-bond donors (Lipinski definition) is 1. The predicted molar refractivity (Wildman–Crippen MR) is 96.0 cm³/mol. The van der Waals surface area contributed by atoms with Crippen molar-refractivity contribution in [2.45, 2.75) is 0 Å². The zero-order valence-electron chi connectivity index (χ0n) is 13.8. The van der Waals surface area contributed by atoms with Crippen LogP contribution in [-0.2, 0) is 0 Å². The molecule has 5 heteroatoms. The quantitative estimate of drug-likeness (QED) is 0.789. The standard InChI is InChI=1S/C19H21N5/c1-23-9-13-11-24(12-14(13)10-23)19-7-6-18(21-22-19)16-8-20-17-5-3-2-4-15(16)17/h2-8,13-14,20H,9-12H2,1H3. The number of H-pyrrole nitrogens is 1. The molecule has 3 aromatic rings. The van der Waals surface area contributed by atoms with E-state index in [0.29, 0.717) is 0 Å². The highest BCUT2D eigenvalue weighted by Gasteiger charge is 2.39. The molecular formula is C19H21N5. The normalized spacial score (nSPS) is 24.0. The Bertz CT molecular complexity index is 855. The van der Waals surface area contributed by atoms with Crippen molar-refractivity contribution in [3.8, 4) is 11.3 Å². The van der Waals surface area contributed by atoms with Crippen LogP contribution in [0, 0.1) is 11.8 Å². The lowest BCUT2D eigenvalue weighted by atomic mass is 10.0. The lowest BCUT2D eigenvalue weighted by molar-refractivity contribution is 0.387. The minimum atomic E-state index is 0.782. The smallest absolute Gasteiger partial charge is 0.151 e. The maximum atomic E-state index is 4.52. The minimum Gasteiger partial charge on any atom is -0.360 e. The summed E-state index contributed by atoms with van der Waals surface area (Å²) in [6, 6.07) is 12.5. The second kappa shape index (κ2) is 5.31. The molecule has 2 unspecified atom stereocenters. The van der Waals surface area contributed by atoms with Crippen molar-refractivity contribution < 1.29 is 0 Å². The number of hydrogen-bond acceptors (Lipinski definition) is 4. The second-order valence-corrected chi connectivity index (χ2v) is 7.17. The number of aromatic amines is 1. The molecule has 0 spiro atoms. The SMILES string of the molecule is CN1CC2CN(c3ccc(-c4c[nH]c5ccccc45)nn3)CC2C1. The van der Waals surface area contributed by atoms with Crippen LogP contribution in [0.3, 0.4) is 0 Å². The lowest BCUT2D eigenvalue weighted by Gasteiger charge is -2.19. The van der Waals surface area contributed by atoms with Crippen LogP contribution < -0.4 is 4.90 Å². The van der Waals surface area contributed by atoms with Crippen LogP contribution in [0.25, 0.3) is 22.2 Å². The number of aromatic nitrogens is 3. The van der Waals surface area contributed by atoms with Gasteiger partial charge in [0.15, 0.2) is 5.82 Å². The Morgan fingerprint density at radius 2 is 1.75 bits per heavy atom. The van der Waals surface area contributed by atoms with Gasteiger partial charge in [-0.1, -0.05) is 18.2 Å². The van der Waals surface area contributed by atoms with E-state index in [4.69, 9.17) is 0 Å². The first kappa shape index (κ1) is 14.0. The highest BCUT2D eigenvalue weighted by Crippen LogP contribution is 2.33.